The molecule has 0 amide bonds. The molecule has 0 spiro atoms. The van der Waals surface area contributed by atoms with Gasteiger partial charge in [-0.25, -0.2) is 9.59 Å². The van der Waals surface area contributed by atoms with Gasteiger partial charge in [0.25, 0.3) is 0 Å². The van der Waals surface area contributed by atoms with Crippen molar-refractivity contribution in [1.29, 1.82) is 0 Å². The summed E-state index contributed by atoms with van der Waals surface area (Å²) in [6.07, 6.45) is 1.21. The summed E-state index contributed by atoms with van der Waals surface area (Å²) in [6.45, 7) is 3.55. The first-order chi connectivity index (χ1) is 9.56. The summed E-state index contributed by atoms with van der Waals surface area (Å²) in [5.74, 6) is -0.558. The fourth-order valence-corrected chi connectivity index (χ4v) is 1.49. The normalized spacial score (nSPS) is 10.3. The molecule has 1 aromatic carbocycles. The second-order valence-corrected chi connectivity index (χ2v) is 4.35. The Morgan fingerprint density at radius 1 is 1.05 bits per heavy atom. The largest absolute Gasteiger partial charge is 0.459 e. The monoisotopic (exact) mass is 274 g/mol. The molecule has 0 aliphatic heterocycles. The molecule has 0 saturated carbocycles. The van der Waals surface area contributed by atoms with Crippen LogP contribution in [0.3, 0.4) is 0 Å². The molecule has 0 bridgehead atoms. The number of carbonyl (C=O) groups is 2. The van der Waals surface area contributed by atoms with E-state index in [0.717, 1.165) is 0 Å². The van der Waals surface area contributed by atoms with Crippen LogP contribution in [0.15, 0.2) is 47.1 Å². The lowest BCUT2D eigenvalue weighted by Gasteiger charge is -2.08. The van der Waals surface area contributed by atoms with Crippen LogP contribution in [0.1, 0.15) is 34.8 Å². The molecule has 0 unspecified atom stereocenters. The minimum absolute atomic E-state index is 0.119. The molecule has 1 heterocycles. The minimum Gasteiger partial charge on any atom is -0.459 e. The van der Waals surface area contributed by atoms with Crippen molar-refractivity contribution in [3.63, 3.8) is 0 Å². The van der Waals surface area contributed by atoms with Crippen molar-refractivity contribution < 1.29 is 23.5 Å². The van der Waals surface area contributed by atoms with Crippen molar-refractivity contribution in [2.75, 3.05) is 0 Å². The van der Waals surface area contributed by atoms with Crippen LogP contribution in [0.4, 0.5) is 0 Å². The second-order valence-electron chi connectivity index (χ2n) is 4.35. The number of ether oxygens (including phenoxy) is 2. The molecule has 0 aliphatic rings. The highest BCUT2D eigenvalue weighted by Crippen LogP contribution is 2.15. The maximum atomic E-state index is 11.6. The van der Waals surface area contributed by atoms with Gasteiger partial charge in [-0.1, -0.05) is 0 Å². The van der Waals surface area contributed by atoms with Crippen molar-refractivity contribution in [3.05, 3.63) is 54.0 Å². The van der Waals surface area contributed by atoms with Crippen molar-refractivity contribution in [2.45, 2.75) is 20.0 Å². The molecule has 0 atom stereocenters. The molecule has 104 valence electrons. The Balaban J connectivity index is 2.01. The zero-order valence-corrected chi connectivity index (χ0v) is 11.2. The van der Waals surface area contributed by atoms with Crippen LogP contribution in [-0.4, -0.2) is 18.0 Å². The van der Waals surface area contributed by atoms with Crippen LogP contribution >= 0.6 is 0 Å². The van der Waals surface area contributed by atoms with Crippen LogP contribution < -0.4 is 4.74 Å². The summed E-state index contributed by atoms with van der Waals surface area (Å²) >= 11 is 0. The molecule has 0 N–H and O–H groups in total. The van der Waals surface area contributed by atoms with Crippen molar-refractivity contribution in [3.8, 4) is 5.75 Å². The van der Waals surface area contributed by atoms with E-state index in [-0.39, 0.29) is 11.9 Å². The number of carbonyl (C=O) groups excluding carboxylic acids is 2. The summed E-state index contributed by atoms with van der Waals surface area (Å²) in [5, 5.41) is 0. The number of esters is 2. The van der Waals surface area contributed by atoms with E-state index in [2.05, 4.69) is 0 Å². The summed E-state index contributed by atoms with van der Waals surface area (Å²) in [4.78, 5) is 23.3. The van der Waals surface area contributed by atoms with Crippen molar-refractivity contribution in [2.24, 2.45) is 0 Å². The molecule has 2 aromatic rings. The first kappa shape index (κ1) is 13.9. The molecule has 20 heavy (non-hydrogen) atoms. The molecule has 5 nitrogen and oxygen atoms in total. The fraction of sp³-hybridized carbons (Fsp3) is 0.200. The van der Waals surface area contributed by atoms with Gasteiger partial charge in [-0.2, -0.15) is 0 Å². The lowest BCUT2D eigenvalue weighted by molar-refractivity contribution is 0.0378. The van der Waals surface area contributed by atoms with E-state index < -0.39 is 11.9 Å². The van der Waals surface area contributed by atoms with Gasteiger partial charge in [-0.05, 0) is 50.2 Å². The van der Waals surface area contributed by atoms with Gasteiger partial charge in [-0.15, -0.1) is 0 Å². The Morgan fingerprint density at radius 3 is 2.30 bits per heavy atom. The molecular formula is C15H14O5. The van der Waals surface area contributed by atoms with E-state index in [0.29, 0.717) is 11.3 Å². The molecule has 0 saturated heterocycles. The molecule has 1 aromatic heterocycles. The Kier molecular flexibility index (Phi) is 4.20. The zero-order valence-electron chi connectivity index (χ0n) is 11.2. The Hall–Kier alpha value is -2.56. The van der Waals surface area contributed by atoms with Gasteiger partial charge in [0, 0.05) is 0 Å². The van der Waals surface area contributed by atoms with E-state index in [9.17, 15) is 9.59 Å². The van der Waals surface area contributed by atoms with Crippen LogP contribution in [0.25, 0.3) is 0 Å². The number of hydrogen-bond donors (Lipinski definition) is 0. The average Bonchev–Trinajstić information content (AvgIpc) is 2.92. The topological polar surface area (TPSA) is 65.7 Å². The quantitative estimate of drug-likeness (QED) is 0.633. The Labute approximate surface area is 116 Å². The van der Waals surface area contributed by atoms with Crippen LogP contribution in [-0.2, 0) is 4.74 Å². The predicted octanol–water partition coefficient (Wildman–Crippen LogP) is 3.06. The van der Waals surface area contributed by atoms with Gasteiger partial charge in [0.1, 0.15) is 5.75 Å². The third-order valence-corrected chi connectivity index (χ3v) is 2.37. The smallest absolute Gasteiger partial charge is 0.379 e. The predicted molar refractivity (Wildman–Crippen MR) is 70.7 cm³/mol. The van der Waals surface area contributed by atoms with E-state index >= 15 is 0 Å². The molecule has 0 radical (unpaired) electrons. The highest BCUT2D eigenvalue weighted by Gasteiger charge is 2.13. The SMILES string of the molecule is CC(C)OC(=O)c1ccc(OC(=O)c2ccco2)cc1. The van der Waals surface area contributed by atoms with Gasteiger partial charge in [0.15, 0.2) is 0 Å². The number of hydrogen-bond acceptors (Lipinski definition) is 5. The highest BCUT2D eigenvalue weighted by atomic mass is 16.5. The summed E-state index contributed by atoms with van der Waals surface area (Å²) < 4.78 is 15.1. The summed E-state index contributed by atoms with van der Waals surface area (Å²) in [5.41, 5.74) is 0.400. The third kappa shape index (κ3) is 3.47. The van der Waals surface area contributed by atoms with Gasteiger partial charge < -0.3 is 13.9 Å². The molecular weight excluding hydrogens is 260 g/mol. The fourth-order valence-electron chi connectivity index (χ4n) is 1.49. The maximum Gasteiger partial charge on any atom is 0.379 e. The number of benzene rings is 1. The number of rotatable bonds is 4. The number of furan rings is 1. The maximum absolute atomic E-state index is 11.6. The lowest BCUT2D eigenvalue weighted by atomic mass is 10.2. The Morgan fingerprint density at radius 2 is 1.75 bits per heavy atom. The lowest BCUT2D eigenvalue weighted by Crippen LogP contribution is -2.11. The Bertz CT molecular complexity index is 581. The van der Waals surface area contributed by atoms with E-state index in [1.165, 1.54) is 36.6 Å². The summed E-state index contributed by atoms with van der Waals surface area (Å²) in [7, 11) is 0. The summed E-state index contributed by atoms with van der Waals surface area (Å²) in [6, 6.07) is 9.23. The standard InChI is InChI=1S/C15H14O5/c1-10(2)19-14(16)11-5-7-12(8-6-11)20-15(17)13-4-3-9-18-13/h3-10H,1-2H3. The molecule has 0 fully saturated rings. The van der Waals surface area contributed by atoms with Gasteiger partial charge in [0.05, 0.1) is 17.9 Å². The molecule has 5 heteroatoms. The van der Waals surface area contributed by atoms with Crippen molar-refractivity contribution >= 4 is 11.9 Å². The van der Waals surface area contributed by atoms with Crippen molar-refractivity contribution in [1.82, 2.24) is 0 Å². The highest BCUT2D eigenvalue weighted by molar-refractivity contribution is 5.90. The second kappa shape index (κ2) is 6.06. The van der Waals surface area contributed by atoms with Gasteiger partial charge in [-0.3, -0.25) is 0 Å². The van der Waals surface area contributed by atoms with Gasteiger partial charge in [0.2, 0.25) is 5.76 Å². The first-order valence-electron chi connectivity index (χ1n) is 6.13. The van der Waals surface area contributed by atoms with E-state index in [4.69, 9.17) is 13.9 Å². The van der Waals surface area contributed by atoms with Crippen LogP contribution in [0.5, 0.6) is 5.75 Å². The third-order valence-electron chi connectivity index (χ3n) is 2.37. The molecule has 2 rings (SSSR count). The molecule has 0 aliphatic carbocycles. The van der Waals surface area contributed by atoms with Crippen LogP contribution in [0, 0.1) is 0 Å². The average molecular weight is 274 g/mol. The minimum atomic E-state index is -0.590. The van der Waals surface area contributed by atoms with E-state index in [1.807, 2.05) is 0 Å². The first-order valence-corrected chi connectivity index (χ1v) is 6.13. The van der Waals surface area contributed by atoms with Crippen LogP contribution in [0.2, 0.25) is 0 Å². The van der Waals surface area contributed by atoms with E-state index in [1.54, 1.807) is 19.9 Å². The zero-order chi connectivity index (χ0) is 14.5. The van der Waals surface area contributed by atoms with Gasteiger partial charge >= 0.3 is 11.9 Å².